The Morgan fingerprint density at radius 2 is 0.843 bits per heavy atom. The molecule has 12 aromatic rings. The third-order valence-corrected chi connectivity index (χ3v) is 14.2. The second-order valence-corrected chi connectivity index (χ2v) is 18.5. The van der Waals surface area contributed by atoms with Gasteiger partial charge >= 0.3 is 0 Å². The van der Waals surface area contributed by atoms with Crippen LogP contribution in [0.2, 0.25) is 0 Å². The van der Waals surface area contributed by atoms with Crippen molar-refractivity contribution in [2.75, 3.05) is 37.2 Å². The molecule has 12 heteroatoms. The predicted octanol–water partition coefficient (Wildman–Crippen LogP) is 12.8. The summed E-state index contributed by atoms with van der Waals surface area (Å²) < 4.78 is 23.3. The molecule has 340 valence electrons. The van der Waals surface area contributed by atoms with E-state index in [1.54, 1.807) is 0 Å². The maximum atomic E-state index is 7.13. The summed E-state index contributed by atoms with van der Waals surface area (Å²) in [6, 6.07) is 50.9. The van der Waals surface area contributed by atoms with Crippen molar-refractivity contribution in [1.29, 1.82) is 0 Å². The van der Waals surface area contributed by atoms with E-state index in [1.165, 1.54) is 0 Å². The van der Waals surface area contributed by atoms with Crippen LogP contribution in [-0.2, 0) is 14.1 Å². The summed E-state index contributed by atoms with van der Waals surface area (Å²) in [5.41, 5.74) is 10.5. The smallest absolute Gasteiger partial charge is 0.139 e. The molecule has 6 aromatic heterocycles. The number of benzene rings is 6. The largest absolute Gasteiger partial charge is 0.456 e. The van der Waals surface area contributed by atoms with Crippen molar-refractivity contribution in [3.05, 3.63) is 183 Å². The fourth-order valence-electron chi connectivity index (χ4n) is 10.9. The van der Waals surface area contributed by atoms with Gasteiger partial charge in [-0.1, -0.05) is 48.5 Å². The first-order valence-corrected chi connectivity index (χ1v) is 23.5. The molecule has 0 fully saturated rings. The average Bonchev–Trinajstić information content (AvgIpc) is 4.25. The molecule has 0 saturated carbocycles. The van der Waals surface area contributed by atoms with Crippen LogP contribution in [0.1, 0.15) is 0 Å². The van der Waals surface area contributed by atoms with Crippen LogP contribution in [0.5, 0.6) is 23.0 Å². The van der Waals surface area contributed by atoms with Crippen molar-refractivity contribution in [1.82, 2.24) is 38.0 Å². The molecule has 0 atom stereocenters. The van der Waals surface area contributed by atoms with Crippen LogP contribution >= 0.6 is 0 Å². The predicted molar refractivity (Wildman–Crippen MR) is 283 cm³/mol. The molecule has 0 amide bonds. The van der Waals surface area contributed by atoms with Gasteiger partial charge in [-0.25, -0.2) is 9.97 Å². The Morgan fingerprint density at radius 3 is 1.26 bits per heavy atom. The van der Waals surface area contributed by atoms with E-state index in [2.05, 4.69) is 212 Å². The lowest BCUT2D eigenvalue weighted by Gasteiger charge is -2.20. The molecule has 6 aromatic carbocycles. The van der Waals surface area contributed by atoms with E-state index in [-0.39, 0.29) is 0 Å². The van der Waals surface area contributed by atoms with Crippen molar-refractivity contribution < 1.29 is 9.47 Å². The fraction of sp³-hybridized carbons (Fsp3) is 0.103. The van der Waals surface area contributed by atoms with E-state index in [4.69, 9.17) is 19.4 Å². The summed E-state index contributed by atoms with van der Waals surface area (Å²) in [5, 5.41) is 6.49. The molecule has 8 heterocycles. The zero-order valence-electron chi connectivity index (χ0n) is 39.0. The average molecular weight is 915 g/mol. The Labute approximate surface area is 402 Å². The topological polar surface area (TPSA) is 76.9 Å². The molecule has 0 spiro atoms. The van der Waals surface area contributed by atoms with E-state index in [0.29, 0.717) is 11.5 Å². The molecular formula is C58H46N10O2. The number of nitrogens with zero attached hydrogens (tertiary/aromatic N) is 10. The van der Waals surface area contributed by atoms with Gasteiger partial charge in [-0.3, -0.25) is 9.13 Å². The van der Waals surface area contributed by atoms with Crippen molar-refractivity contribution in [2.24, 2.45) is 14.1 Å². The summed E-state index contributed by atoms with van der Waals surface area (Å²) in [4.78, 5) is 18.8. The lowest BCUT2D eigenvalue weighted by Crippen LogP contribution is -2.21. The minimum absolute atomic E-state index is 0.715. The van der Waals surface area contributed by atoms with Gasteiger partial charge in [0.2, 0.25) is 0 Å². The molecule has 0 aliphatic carbocycles. The highest BCUT2D eigenvalue weighted by Crippen LogP contribution is 2.46. The van der Waals surface area contributed by atoms with Crippen LogP contribution in [0.15, 0.2) is 183 Å². The number of aromatic nitrogens is 6. The van der Waals surface area contributed by atoms with Gasteiger partial charge < -0.3 is 38.2 Å². The maximum absolute atomic E-state index is 7.13. The van der Waals surface area contributed by atoms with E-state index in [9.17, 15) is 0 Å². The second kappa shape index (κ2) is 15.2. The number of ether oxygens (including phenoxy) is 2. The van der Waals surface area contributed by atoms with Gasteiger partial charge in [-0.2, -0.15) is 0 Å². The van der Waals surface area contributed by atoms with Gasteiger partial charge in [0.1, 0.15) is 34.6 Å². The van der Waals surface area contributed by atoms with Crippen LogP contribution < -0.4 is 19.3 Å². The van der Waals surface area contributed by atoms with Gasteiger partial charge in [0.25, 0.3) is 0 Å². The molecule has 0 radical (unpaired) electrons. The van der Waals surface area contributed by atoms with E-state index in [0.717, 1.165) is 124 Å². The first kappa shape index (κ1) is 40.0. The lowest BCUT2D eigenvalue weighted by atomic mass is 10.1. The van der Waals surface area contributed by atoms with Crippen LogP contribution in [0.3, 0.4) is 0 Å². The summed E-state index contributed by atoms with van der Waals surface area (Å²) in [7, 11) is 8.43. The number of rotatable bonds is 8. The number of pyridine rings is 2. The van der Waals surface area contributed by atoms with Gasteiger partial charge in [-0.15, -0.1) is 0 Å². The number of aryl methyl sites for hydroxylation is 2. The minimum Gasteiger partial charge on any atom is -0.456 e. The molecule has 2 aliphatic heterocycles. The monoisotopic (exact) mass is 914 g/mol. The Bertz CT molecular complexity index is 3890. The highest BCUT2D eigenvalue weighted by Gasteiger charge is 2.26. The Balaban J connectivity index is 0.968. The quantitative estimate of drug-likeness (QED) is 0.149. The zero-order chi connectivity index (χ0) is 46.8. The van der Waals surface area contributed by atoms with Crippen LogP contribution in [0.25, 0.3) is 88.1 Å². The Morgan fingerprint density at radius 1 is 0.400 bits per heavy atom. The first-order chi connectivity index (χ1) is 34.3. The lowest BCUT2D eigenvalue weighted by molar-refractivity contribution is 0.486. The summed E-state index contributed by atoms with van der Waals surface area (Å²) in [6.07, 6.45) is 12.1. The molecule has 0 N–H and O–H groups in total. The number of hydrogen-bond donors (Lipinski definition) is 0. The van der Waals surface area contributed by atoms with Gasteiger partial charge in [0.15, 0.2) is 0 Å². The molecule has 0 saturated heterocycles. The van der Waals surface area contributed by atoms with Gasteiger partial charge in [0, 0.05) is 134 Å². The minimum atomic E-state index is 0.715. The van der Waals surface area contributed by atoms with Crippen LogP contribution in [-0.4, -0.2) is 65.5 Å². The zero-order valence-corrected chi connectivity index (χ0v) is 39.0. The maximum Gasteiger partial charge on any atom is 0.139 e. The van der Waals surface area contributed by atoms with Crippen molar-refractivity contribution in [2.45, 2.75) is 0 Å². The second-order valence-electron chi connectivity index (χ2n) is 18.5. The standard InChI is InChI=1S/C58H46N10O2/c1-61-25-27-65(35-61)37-29-49-55(41-13-5-7-15-45(41)63(49)3)51(31-37)69-39-19-21-43-47(33-39)67(53-17-9-11-23-59-53)58-44-22-20-40(34-48(44)68(57(43)58)54-18-10-12-24-60-54)70-52-32-38(66-28-26-62(2)36-66)30-50-56(52)42-14-6-8-16-46(42)64(50)4/h5-34H,35-36H2,1-4H3. The highest BCUT2D eigenvalue weighted by atomic mass is 16.5. The first-order valence-electron chi connectivity index (χ1n) is 23.5. The SMILES string of the molecule is CN1C=CN(c2cc(Oc3ccc4c(c3)n(-c3ccccn3)c3c5ccc(Oc6cc(N7C=CN(C)C7)cc7c6c6ccccc6n7C)cc5n(-c5ccccn5)c43)c3c4ccccc4n(C)c3c2)C1. The molecule has 12 nitrogen and oxygen atoms in total. The van der Waals surface area contributed by atoms with Gasteiger partial charge in [0.05, 0.1) is 57.2 Å². The summed E-state index contributed by atoms with van der Waals surface area (Å²) in [5.74, 6) is 4.60. The molecular weight excluding hydrogens is 869 g/mol. The van der Waals surface area contributed by atoms with Crippen molar-refractivity contribution in [3.63, 3.8) is 0 Å². The fourth-order valence-corrected chi connectivity index (χ4v) is 10.9. The van der Waals surface area contributed by atoms with Crippen LogP contribution in [0, 0.1) is 0 Å². The third-order valence-electron chi connectivity index (χ3n) is 14.2. The van der Waals surface area contributed by atoms with Crippen molar-refractivity contribution in [3.8, 4) is 34.6 Å². The molecule has 0 unspecified atom stereocenters. The van der Waals surface area contributed by atoms with Crippen molar-refractivity contribution >= 4 is 87.8 Å². The molecule has 0 bridgehead atoms. The Kier molecular flexibility index (Phi) is 8.66. The van der Waals surface area contributed by atoms with E-state index in [1.807, 2.05) is 36.7 Å². The van der Waals surface area contributed by atoms with Gasteiger partial charge in [-0.05, 0) is 72.8 Å². The number of para-hydroxylation sites is 2. The summed E-state index contributed by atoms with van der Waals surface area (Å²) in [6.45, 7) is 1.50. The summed E-state index contributed by atoms with van der Waals surface area (Å²) >= 11 is 0. The Hall–Kier alpha value is -9.16. The third kappa shape index (κ3) is 6.02. The number of anilines is 2. The van der Waals surface area contributed by atoms with Crippen LogP contribution in [0.4, 0.5) is 11.4 Å². The normalized spacial score (nSPS) is 13.9. The van der Waals surface area contributed by atoms with E-state index < -0.39 is 0 Å². The highest BCUT2D eigenvalue weighted by molar-refractivity contribution is 6.20. The molecule has 14 rings (SSSR count). The molecule has 2 aliphatic rings. The van der Waals surface area contributed by atoms with E-state index >= 15 is 0 Å². The number of fused-ring (bicyclic) bond motifs is 11. The molecule has 70 heavy (non-hydrogen) atoms. The number of hydrogen-bond acceptors (Lipinski definition) is 8.